The minimum absolute atomic E-state index is 0.0508. The molecule has 0 aliphatic heterocycles. The van der Waals surface area contributed by atoms with Crippen LogP contribution < -0.4 is 0 Å². The molecule has 186 valence electrons. The number of nitriles is 1. The molecule has 0 unspecified atom stereocenters. The lowest BCUT2D eigenvalue weighted by atomic mass is 9.44. The molecule has 0 saturated heterocycles. The van der Waals surface area contributed by atoms with Gasteiger partial charge in [0.1, 0.15) is 6.10 Å². The second-order valence-corrected chi connectivity index (χ2v) is 12.3. The monoisotopic (exact) mass is 458 g/mol. The molecule has 0 aromatic heterocycles. The smallest absolute Gasteiger partial charge is 0.320 e. The Morgan fingerprint density at radius 3 is 2.48 bits per heavy atom. The van der Waals surface area contributed by atoms with Gasteiger partial charge in [-0.1, -0.05) is 27.7 Å². The Labute approximate surface area is 201 Å². The molecule has 1 N–H and O–H groups in total. The van der Waals surface area contributed by atoms with E-state index in [4.69, 9.17) is 4.74 Å². The third-order valence-electron chi connectivity index (χ3n) is 10.4. The van der Waals surface area contributed by atoms with Gasteiger partial charge >= 0.3 is 5.97 Å². The molecular formula is C28H46N2O3. The zero-order chi connectivity index (χ0) is 23.8. The van der Waals surface area contributed by atoms with Gasteiger partial charge in [0.15, 0.2) is 0 Å². The fraction of sp³-hybridized carbons (Fsp3) is 0.929. The first kappa shape index (κ1) is 25.0. The number of carbonyl (C=O) groups is 1. The van der Waals surface area contributed by atoms with Crippen molar-refractivity contribution in [3.63, 3.8) is 0 Å². The van der Waals surface area contributed by atoms with Crippen LogP contribution >= 0.6 is 0 Å². The lowest BCUT2D eigenvalue weighted by Gasteiger charge is -2.62. The molecule has 5 heteroatoms. The van der Waals surface area contributed by atoms with Crippen LogP contribution in [0.2, 0.25) is 0 Å². The van der Waals surface area contributed by atoms with Crippen LogP contribution in [-0.2, 0) is 9.53 Å². The van der Waals surface area contributed by atoms with Gasteiger partial charge in [-0.3, -0.25) is 9.69 Å². The minimum atomic E-state index is -0.180. The zero-order valence-corrected chi connectivity index (χ0v) is 21.4. The van der Waals surface area contributed by atoms with E-state index in [0.717, 1.165) is 70.9 Å². The lowest BCUT2D eigenvalue weighted by molar-refractivity contribution is -0.198. The Morgan fingerprint density at radius 2 is 1.82 bits per heavy atom. The Morgan fingerprint density at radius 1 is 1.09 bits per heavy atom. The maximum atomic E-state index is 13.2. The topological polar surface area (TPSA) is 73.6 Å². The van der Waals surface area contributed by atoms with Crippen LogP contribution in [0, 0.1) is 51.8 Å². The second kappa shape index (κ2) is 9.86. The van der Waals surface area contributed by atoms with Crippen LogP contribution in [0.1, 0.15) is 91.9 Å². The number of hydrogen-bond acceptors (Lipinski definition) is 5. The van der Waals surface area contributed by atoms with Crippen LogP contribution in [0.15, 0.2) is 0 Å². The summed E-state index contributed by atoms with van der Waals surface area (Å²) in [6.45, 7) is 11.3. The number of aliphatic hydroxyl groups excluding tert-OH is 1. The second-order valence-electron chi connectivity index (χ2n) is 12.3. The molecule has 0 spiro atoms. The Bertz CT molecular complexity index is 744. The molecule has 0 bridgehead atoms. The zero-order valence-electron chi connectivity index (χ0n) is 21.4. The van der Waals surface area contributed by atoms with E-state index < -0.39 is 0 Å². The number of aliphatic hydroxyl groups is 1. The highest BCUT2D eigenvalue weighted by Gasteiger charge is 2.64. The van der Waals surface area contributed by atoms with Gasteiger partial charge in [0.25, 0.3) is 0 Å². The summed E-state index contributed by atoms with van der Waals surface area (Å²) < 4.78 is 6.44. The van der Waals surface area contributed by atoms with Gasteiger partial charge in [-0.15, -0.1) is 0 Å². The highest BCUT2D eigenvalue weighted by molar-refractivity contribution is 5.72. The molecule has 4 rings (SSSR count). The molecule has 5 nitrogen and oxygen atoms in total. The van der Waals surface area contributed by atoms with Crippen LogP contribution in [0.4, 0.5) is 0 Å². The van der Waals surface area contributed by atoms with Crippen molar-refractivity contribution in [2.75, 3.05) is 19.6 Å². The van der Waals surface area contributed by atoms with Gasteiger partial charge in [-0.05, 0) is 106 Å². The largest absolute Gasteiger partial charge is 0.461 e. The normalized spacial score (nSPS) is 44.5. The summed E-state index contributed by atoms with van der Waals surface area (Å²) in [5, 5.41) is 20.3. The van der Waals surface area contributed by atoms with E-state index in [1.54, 1.807) is 0 Å². The van der Waals surface area contributed by atoms with Crippen molar-refractivity contribution in [2.45, 2.75) is 104 Å². The van der Waals surface area contributed by atoms with Crippen molar-refractivity contribution in [3.05, 3.63) is 0 Å². The highest BCUT2D eigenvalue weighted by atomic mass is 16.5. The summed E-state index contributed by atoms with van der Waals surface area (Å²) in [6.07, 6.45) is 9.84. The van der Waals surface area contributed by atoms with Crippen molar-refractivity contribution >= 4 is 5.97 Å². The van der Waals surface area contributed by atoms with E-state index >= 15 is 0 Å². The number of nitrogens with zero attached hydrogens (tertiary/aromatic N) is 2. The first-order chi connectivity index (χ1) is 15.8. The van der Waals surface area contributed by atoms with Gasteiger partial charge < -0.3 is 9.84 Å². The Balaban J connectivity index is 1.61. The van der Waals surface area contributed by atoms with Crippen LogP contribution in [0.5, 0.6) is 0 Å². The Kier molecular flexibility index (Phi) is 7.47. The summed E-state index contributed by atoms with van der Waals surface area (Å²) in [5.74, 6) is 1.94. The van der Waals surface area contributed by atoms with Gasteiger partial charge in [-0.2, -0.15) is 5.26 Å². The molecule has 4 aliphatic carbocycles. The molecule has 9 atom stereocenters. The summed E-state index contributed by atoms with van der Waals surface area (Å²) in [6, 6.07) is 2.63. The molecule has 33 heavy (non-hydrogen) atoms. The summed E-state index contributed by atoms with van der Waals surface area (Å²) in [4.78, 5) is 15.5. The quantitative estimate of drug-likeness (QED) is 0.533. The van der Waals surface area contributed by atoms with Crippen molar-refractivity contribution < 1.29 is 14.6 Å². The number of carbonyl (C=O) groups excluding carboxylic acids is 1. The van der Waals surface area contributed by atoms with Crippen molar-refractivity contribution in [1.82, 2.24) is 4.90 Å². The van der Waals surface area contributed by atoms with Crippen molar-refractivity contribution in [1.29, 1.82) is 5.26 Å². The van der Waals surface area contributed by atoms with Gasteiger partial charge in [0.05, 0.1) is 24.6 Å². The maximum absolute atomic E-state index is 13.2. The van der Waals surface area contributed by atoms with Gasteiger partial charge in [-0.25, -0.2) is 0 Å². The standard InChI is InChI=1S/C28H46N2O3/c1-5-13-30(14-6-2)18-25(32)33-24-16-28(4)20(17-29)8-10-23(28)22-9-7-19-15-21(31)11-12-27(19,3)26(22)24/h19-24,26,31H,5-16,18H2,1-4H3/t19-,20+,21+,22-,23-,24-,26+,27-,28+/m0/s1. The Hall–Kier alpha value is -1.12. The fourth-order valence-corrected chi connectivity index (χ4v) is 8.94. The fourth-order valence-electron chi connectivity index (χ4n) is 8.94. The third-order valence-corrected chi connectivity index (χ3v) is 10.4. The summed E-state index contributed by atoms with van der Waals surface area (Å²) in [5.41, 5.74) is 0.0659. The number of esters is 1. The molecule has 4 aliphatic rings. The first-order valence-corrected chi connectivity index (χ1v) is 13.8. The van der Waals surface area contributed by atoms with Crippen LogP contribution in [-0.4, -0.2) is 47.8 Å². The first-order valence-electron chi connectivity index (χ1n) is 13.8. The maximum Gasteiger partial charge on any atom is 0.320 e. The average molecular weight is 459 g/mol. The predicted molar refractivity (Wildman–Crippen MR) is 129 cm³/mol. The van der Waals surface area contributed by atoms with E-state index in [-0.39, 0.29) is 34.9 Å². The van der Waals surface area contributed by atoms with Crippen molar-refractivity contribution in [2.24, 2.45) is 40.4 Å². The molecular weight excluding hydrogens is 412 g/mol. The van der Waals surface area contributed by atoms with E-state index in [1.807, 2.05) is 0 Å². The number of ether oxygens (including phenoxy) is 1. The van der Waals surface area contributed by atoms with E-state index in [1.165, 1.54) is 6.42 Å². The van der Waals surface area contributed by atoms with Crippen LogP contribution in [0.3, 0.4) is 0 Å². The highest BCUT2D eigenvalue weighted by Crippen LogP contribution is 2.67. The number of fused-ring (bicyclic) bond motifs is 5. The number of rotatable bonds is 7. The molecule has 0 aromatic carbocycles. The minimum Gasteiger partial charge on any atom is -0.461 e. The predicted octanol–water partition coefficient (Wildman–Crippen LogP) is 5.17. The lowest BCUT2D eigenvalue weighted by Crippen LogP contribution is -2.60. The molecule has 4 saturated carbocycles. The molecule has 0 heterocycles. The average Bonchev–Trinajstić information content (AvgIpc) is 3.10. The van der Waals surface area contributed by atoms with Crippen LogP contribution in [0.25, 0.3) is 0 Å². The molecule has 0 amide bonds. The SMILES string of the molecule is CCCN(CCC)CC(=O)O[C@H]1C[C@]2(C)[C@@H](C#N)CC[C@H]2[C@@H]2CC[C@H]3C[C@H](O)CC[C@]3(C)[C@H]21. The van der Waals surface area contributed by atoms with Gasteiger partial charge in [0, 0.05) is 5.92 Å². The number of hydrogen-bond donors (Lipinski definition) is 1. The van der Waals surface area contributed by atoms with E-state index in [0.29, 0.717) is 30.2 Å². The van der Waals surface area contributed by atoms with Gasteiger partial charge in [0.2, 0.25) is 0 Å². The molecule has 0 aromatic rings. The summed E-state index contributed by atoms with van der Waals surface area (Å²) in [7, 11) is 0. The van der Waals surface area contributed by atoms with E-state index in [9.17, 15) is 15.2 Å². The van der Waals surface area contributed by atoms with E-state index in [2.05, 4.69) is 38.7 Å². The third kappa shape index (κ3) is 4.47. The molecule has 0 radical (unpaired) electrons. The van der Waals surface area contributed by atoms with Crippen molar-refractivity contribution in [3.8, 4) is 6.07 Å². The summed E-state index contributed by atoms with van der Waals surface area (Å²) >= 11 is 0. The molecule has 4 fully saturated rings.